The highest BCUT2D eigenvalue weighted by atomic mass is 35.5. The Morgan fingerprint density at radius 1 is 0.957 bits per heavy atom. The predicted octanol–water partition coefficient (Wildman–Crippen LogP) is 4.61. The van der Waals surface area contributed by atoms with Gasteiger partial charge in [-0.15, -0.1) is 0 Å². The van der Waals surface area contributed by atoms with E-state index in [1.807, 2.05) is 0 Å². The van der Waals surface area contributed by atoms with Gasteiger partial charge in [-0.3, -0.25) is 9.10 Å². The van der Waals surface area contributed by atoms with Gasteiger partial charge in [0, 0.05) is 0 Å². The lowest BCUT2D eigenvalue weighted by Crippen LogP contribution is -2.34. The van der Waals surface area contributed by atoms with Crippen molar-refractivity contribution in [3.63, 3.8) is 0 Å². The van der Waals surface area contributed by atoms with Crippen LogP contribution in [0.1, 0.15) is 0 Å². The Morgan fingerprint density at radius 3 is 2.09 bits per heavy atom. The molecule has 0 unspecified atom stereocenters. The summed E-state index contributed by atoms with van der Waals surface area (Å²) in [4.78, 5) is 11.3. The largest absolute Gasteiger partial charge is 0.279 e. The summed E-state index contributed by atoms with van der Waals surface area (Å²) in [5.74, 6) is 0. The molecule has 0 aromatic heterocycles. The van der Waals surface area contributed by atoms with E-state index in [0.29, 0.717) is 0 Å². The van der Waals surface area contributed by atoms with Gasteiger partial charge in [0.05, 0.1) is 25.7 Å². The third-order valence-electron chi connectivity index (χ3n) is 2.86. The molecule has 0 spiro atoms. The van der Waals surface area contributed by atoms with Crippen LogP contribution in [0.25, 0.3) is 0 Å². The van der Waals surface area contributed by atoms with Gasteiger partial charge in [0.1, 0.15) is 6.54 Å². The molecule has 0 saturated carbocycles. The molecule has 2 aromatic carbocycles. The van der Waals surface area contributed by atoms with Crippen LogP contribution in [-0.2, 0) is 14.8 Å². The molecule has 0 saturated heterocycles. The van der Waals surface area contributed by atoms with Crippen LogP contribution in [0.3, 0.4) is 0 Å². The molecule has 0 atom stereocenters. The van der Waals surface area contributed by atoms with Crippen LogP contribution >= 0.6 is 46.4 Å². The van der Waals surface area contributed by atoms with Crippen LogP contribution in [0.5, 0.6) is 0 Å². The van der Waals surface area contributed by atoms with Crippen molar-refractivity contribution in [3.05, 3.63) is 57.5 Å². The number of hydrogen-bond acceptors (Lipinski definition) is 3. The van der Waals surface area contributed by atoms with E-state index in [4.69, 9.17) is 46.4 Å². The fourth-order valence-corrected chi connectivity index (χ4v) is 4.17. The van der Waals surface area contributed by atoms with Gasteiger partial charge in [-0.25, -0.2) is 8.42 Å². The second-order valence-electron chi connectivity index (χ2n) is 4.40. The lowest BCUT2D eigenvalue weighted by atomic mass is 10.3. The van der Waals surface area contributed by atoms with E-state index >= 15 is 0 Å². The number of anilines is 1. The Bertz CT molecular complexity index is 841. The molecule has 0 bridgehead atoms. The Balaban J connectivity index is 2.63. The normalized spacial score (nSPS) is 11.3. The maximum Gasteiger partial charge on any atom is 0.264 e. The Morgan fingerprint density at radius 2 is 1.52 bits per heavy atom. The molecule has 9 heteroatoms. The van der Waals surface area contributed by atoms with Crippen molar-refractivity contribution < 1.29 is 13.2 Å². The van der Waals surface area contributed by atoms with Crippen LogP contribution in [0, 0.1) is 0 Å². The highest BCUT2D eigenvalue weighted by Gasteiger charge is 2.28. The number of nitrogens with zero attached hydrogens (tertiary/aromatic N) is 1. The van der Waals surface area contributed by atoms with E-state index in [2.05, 4.69) is 0 Å². The summed E-state index contributed by atoms with van der Waals surface area (Å²) in [7, 11) is -4.06. The first-order chi connectivity index (χ1) is 10.7. The number of carbonyl (C=O) groups is 1. The summed E-state index contributed by atoms with van der Waals surface area (Å²) in [6, 6.07) is 10.1. The molecule has 0 N–H and O–H groups in total. The number of rotatable bonds is 5. The maximum absolute atomic E-state index is 12.8. The standard InChI is InChI=1S/C14H9Cl4NO3S/c15-10-6-12(17)13(7-11(10)16)19(8-14(18)20)23(21,22)9-4-2-1-3-5-9/h1-7H,8H2. The molecule has 0 heterocycles. The smallest absolute Gasteiger partial charge is 0.264 e. The Labute approximate surface area is 153 Å². The van der Waals surface area contributed by atoms with E-state index in [0.717, 1.165) is 4.31 Å². The van der Waals surface area contributed by atoms with Gasteiger partial charge in [0.15, 0.2) is 0 Å². The topological polar surface area (TPSA) is 54.5 Å². The molecule has 122 valence electrons. The van der Waals surface area contributed by atoms with Crippen molar-refractivity contribution >= 4 is 67.4 Å². The van der Waals surface area contributed by atoms with Gasteiger partial charge in [0.25, 0.3) is 10.0 Å². The second kappa shape index (κ2) is 7.28. The van der Waals surface area contributed by atoms with Crippen LogP contribution in [0.15, 0.2) is 47.4 Å². The summed E-state index contributed by atoms with van der Waals surface area (Å²) >= 11 is 23.2. The minimum atomic E-state index is -4.06. The third-order valence-corrected chi connectivity index (χ3v) is 5.78. The van der Waals surface area contributed by atoms with E-state index in [-0.39, 0.29) is 25.7 Å². The minimum absolute atomic E-state index is 0.0129. The first-order valence-electron chi connectivity index (χ1n) is 6.14. The van der Waals surface area contributed by atoms with Gasteiger partial charge in [-0.05, 0) is 35.9 Å². The zero-order valence-corrected chi connectivity index (χ0v) is 15.2. The lowest BCUT2D eigenvalue weighted by molar-refractivity contribution is -0.110. The average molecular weight is 413 g/mol. The fourth-order valence-electron chi connectivity index (χ4n) is 1.84. The van der Waals surface area contributed by atoms with Crippen molar-refractivity contribution in [2.75, 3.05) is 10.8 Å². The SMILES string of the molecule is O=C(Cl)CN(c1cc(Cl)c(Cl)cc1Cl)S(=O)(=O)c1ccccc1. The monoisotopic (exact) mass is 411 g/mol. The summed E-state index contributed by atoms with van der Waals surface area (Å²) in [5.41, 5.74) is 0.0129. The van der Waals surface area contributed by atoms with Gasteiger partial charge in [0.2, 0.25) is 5.24 Å². The van der Waals surface area contributed by atoms with Gasteiger partial charge >= 0.3 is 0 Å². The number of hydrogen-bond donors (Lipinski definition) is 0. The van der Waals surface area contributed by atoms with E-state index < -0.39 is 21.8 Å². The van der Waals surface area contributed by atoms with Crippen LogP contribution in [-0.4, -0.2) is 20.2 Å². The summed E-state index contributed by atoms with van der Waals surface area (Å²) < 4.78 is 26.4. The predicted molar refractivity (Wildman–Crippen MR) is 93.3 cm³/mol. The molecule has 2 rings (SSSR count). The number of halogens is 4. The first kappa shape index (κ1) is 18.4. The highest BCUT2D eigenvalue weighted by Crippen LogP contribution is 2.36. The first-order valence-corrected chi connectivity index (χ1v) is 9.09. The lowest BCUT2D eigenvalue weighted by Gasteiger charge is -2.24. The van der Waals surface area contributed by atoms with Crippen LogP contribution in [0.4, 0.5) is 5.69 Å². The second-order valence-corrected chi connectivity index (χ2v) is 7.90. The highest BCUT2D eigenvalue weighted by molar-refractivity contribution is 7.92. The molecule has 0 radical (unpaired) electrons. The molecule has 0 amide bonds. The van der Waals surface area contributed by atoms with Crippen LogP contribution in [0.2, 0.25) is 15.1 Å². The molecule has 0 aliphatic carbocycles. The van der Waals surface area contributed by atoms with Crippen molar-refractivity contribution in [1.82, 2.24) is 0 Å². The Kier molecular flexibility index (Phi) is 5.81. The zero-order valence-electron chi connectivity index (χ0n) is 11.3. The molecule has 0 aliphatic rings. The number of carbonyl (C=O) groups excluding carboxylic acids is 1. The molecule has 2 aromatic rings. The van der Waals surface area contributed by atoms with E-state index in [1.165, 1.54) is 24.3 Å². The molecule has 0 fully saturated rings. The molecular formula is C14H9Cl4NO3S. The number of benzene rings is 2. The van der Waals surface area contributed by atoms with Gasteiger partial charge < -0.3 is 0 Å². The summed E-state index contributed by atoms with van der Waals surface area (Å²) in [6.45, 7) is -0.601. The van der Waals surface area contributed by atoms with Crippen LogP contribution < -0.4 is 4.31 Å². The van der Waals surface area contributed by atoms with Gasteiger partial charge in [-0.2, -0.15) is 0 Å². The van der Waals surface area contributed by atoms with Crippen molar-refractivity contribution in [2.24, 2.45) is 0 Å². The zero-order chi connectivity index (χ0) is 17.2. The fraction of sp³-hybridized carbons (Fsp3) is 0.0714. The molecule has 0 aliphatic heterocycles. The van der Waals surface area contributed by atoms with Crippen molar-refractivity contribution in [2.45, 2.75) is 4.90 Å². The number of sulfonamides is 1. The summed E-state index contributed by atoms with van der Waals surface area (Å²) in [5, 5.41) is -0.584. The average Bonchev–Trinajstić information content (AvgIpc) is 2.49. The van der Waals surface area contributed by atoms with Crippen molar-refractivity contribution in [1.29, 1.82) is 0 Å². The van der Waals surface area contributed by atoms with E-state index in [9.17, 15) is 13.2 Å². The maximum atomic E-state index is 12.8. The van der Waals surface area contributed by atoms with Gasteiger partial charge in [-0.1, -0.05) is 53.0 Å². The minimum Gasteiger partial charge on any atom is -0.279 e. The third kappa shape index (κ3) is 4.11. The molecule has 23 heavy (non-hydrogen) atoms. The Hall–Kier alpha value is -0.980. The molecular weight excluding hydrogens is 404 g/mol. The van der Waals surface area contributed by atoms with Crippen molar-refractivity contribution in [3.8, 4) is 0 Å². The van der Waals surface area contributed by atoms with E-state index in [1.54, 1.807) is 18.2 Å². The molecule has 4 nitrogen and oxygen atoms in total. The quantitative estimate of drug-likeness (QED) is 0.532. The summed E-state index contributed by atoms with van der Waals surface area (Å²) in [6.07, 6.45) is 0.